The summed E-state index contributed by atoms with van der Waals surface area (Å²) in [6.07, 6.45) is 7.70. The second kappa shape index (κ2) is 9.08. The van der Waals surface area contributed by atoms with Crippen LogP contribution in [0, 0.1) is 5.82 Å². The van der Waals surface area contributed by atoms with Crippen molar-refractivity contribution in [2.45, 2.75) is 19.1 Å². The molecule has 1 fully saturated rings. The number of benzene rings is 1. The average Bonchev–Trinajstić information content (AvgIpc) is 3.12. The lowest BCUT2D eigenvalue weighted by Gasteiger charge is -2.36. The highest BCUT2D eigenvalue weighted by molar-refractivity contribution is 5.85. The van der Waals surface area contributed by atoms with E-state index < -0.39 is 0 Å². The number of nitrogens with one attached hydrogen (secondary N) is 1. The maximum atomic E-state index is 13.0. The second-order valence-electron chi connectivity index (χ2n) is 6.64. The van der Waals surface area contributed by atoms with Crippen molar-refractivity contribution < 1.29 is 4.39 Å². The standard InChI is InChI=1S/C20H22FN5.ClH/c21-19-3-1-16(2-4-19)14-26-15-17(11-24-26)13-25-10-9-23-12-20(25)18-5-7-22-8-6-18;/h1-8,11,15,20,23H,9-10,12-14H2;1H. The molecule has 7 heteroatoms. The van der Waals surface area contributed by atoms with Crippen molar-refractivity contribution in [1.29, 1.82) is 0 Å². The highest BCUT2D eigenvalue weighted by Crippen LogP contribution is 2.23. The molecule has 2 aromatic heterocycles. The summed E-state index contributed by atoms with van der Waals surface area (Å²) in [5.41, 5.74) is 3.51. The third-order valence-corrected chi connectivity index (χ3v) is 4.78. The van der Waals surface area contributed by atoms with Gasteiger partial charge in [-0.15, -0.1) is 12.4 Å². The monoisotopic (exact) mass is 387 g/mol. The summed E-state index contributed by atoms with van der Waals surface area (Å²) in [7, 11) is 0. The topological polar surface area (TPSA) is 46.0 Å². The van der Waals surface area contributed by atoms with Crippen LogP contribution in [-0.4, -0.2) is 39.3 Å². The number of pyridine rings is 1. The lowest BCUT2D eigenvalue weighted by atomic mass is 10.0. The Hall–Kier alpha value is -2.28. The van der Waals surface area contributed by atoms with Gasteiger partial charge in [0.25, 0.3) is 0 Å². The van der Waals surface area contributed by atoms with E-state index in [1.807, 2.05) is 23.3 Å². The predicted octanol–water partition coefficient (Wildman–Crippen LogP) is 3.03. The van der Waals surface area contributed by atoms with E-state index in [0.29, 0.717) is 12.6 Å². The van der Waals surface area contributed by atoms with Crippen molar-refractivity contribution in [2.24, 2.45) is 0 Å². The van der Waals surface area contributed by atoms with Crippen LogP contribution in [-0.2, 0) is 13.1 Å². The quantitative estimate of drug-likeness (QED) is 0.731. The highest BCUT2D eigenvalue weighted by atomic mass is 35.5. The molecule has 27 heavy (non-hydrogen) atoms. The molecule has 1 aliphatic rings. The zero-order valence-corrected chi connectivity index (χ0v) is 15.8. The maximum absolute atomic E-state index is 13.0. The van der Waals surface area contributed by atoms with E-state index in [0.717, 1.165) is 31.7 Å². The largest absolute Gasteiger partial charge is 0.314 e. The van der Waals surface area contributed by atoms with Gasteiger partial charge in [-0.25, -0.2) is 4.39 Å². The highest BCUT2D eigenvalue weighted by Gasteiger charge is 2.24. The smallest absolute Gasteiger partial charge is 0.123 e. The molecular weight excluding hydrogens is 365 g/mol. The van der Waals surface area contributed by atoms with Gasteiger partial charge in [0.1, 0.15) is 5.82 Å². The van der Waals surface area contributed by atoms with Crippen molar-refractivity contribution in [3.63, 3.8) is 0 Å². The lowest BCUT2D eigenvalue weighted by Crippen LogP contribution is -2.45. The van der Waals surface area contributed by atoms with Crippen molar-refractivity contribution >= 4 is 12.4 Å². The molecule has 1 saturated heterocycles. The minimum absolute atomic E-state index is 0. The first-order valence-electron chi connectivity index (χ1n) is 8.88. The minimum atomic E-state index is -0.212. The molecule has 0 bridgehead atoms. The van der Waals surface area contributed by atoms with Crippen molar-refractivity contribution in [2.75, 3.05) is 19.6 Å². The zero-order chi connectivity index (χ0) is 17.8. The molecule has 142 valence electrons. The Morgan fingerprint density at radius 2 is 1.81 bits per heavy atom. The molecule has 4 rings (SSSR count). The summed E-state index contributed by atoms with van der Waals surface area (Å²) in [6, 6.07) is 11.1. The number of rotatable bonds is 5. The lowest BCUT2D eigenvalue weighted by molar-refractivity contribution is 0.153. The summed E-state index contributed by atoms with van der Waals surface area (Å²) >= 11 is 0. The number of halogens is 2. The first kappa shape index (κ1) is 19.5. The Bertz CT molecular complexity index is 837. The number of nitrogens with zero attached hydrogens (tertiary/aromatic N) is 4. The van der Waals surface area contributed by atoms with E-state index in [1.165, 1.54) is 23.3 Å². The van der Waals surface area contributed by atoms with Gasteiger partial charge in [-0.2, -0.15) is 5.10 Å². The SMILES string of the molecule is Cl.Fc1ccc(Cn2cc(CN3CCNCC3c3ccncc3)cn2)cc1. The van der Waals surface area contributed by atoms with Crippen LogP contribution in [0.5, 0.6) is 0 Å². The molecule has 1 aliphatic heterocycles. The van der Waals surface area contributed by atoms with Crippen LogP contribution in [0.3, 0.4) is 0 Å². The van der Waals surface area contributed by atoms with Crippen LogP contribution in [0.15, 0.2) is 61.2 Å². The number of hydrogen-bond donors (Lipinski definition) is 1. The fraction of sp³-hybridized carbons (Fsp3) is 0.300. The van der Waals surface area contributed by atoms with Crippen LogP contribution in [0.4, 0.5) is 4.39 Å². The molecule has 0 spiro atoms. The van der Waals surface area contributed by atoms with Gasteiger partial charge in [0.05, 0.1) is 12.7 Å². The Labute approximate surface area is 164 Å². The van der Waals surface area contributed by atoms with E-state index >= 15 is 0 Å². The van der Waals surface area contributed by atoms with E-state index in [9.17, 15) is 4.39 Å². The van der Waals surface area contributed by atoms with E-state index in [4.69, 9.17) is 0 Å². The average molecular weight is 388 g/mol. The van der Waals surface area contributed by atoms with Crippen LogP contribution in [0.25, 0.3) is 0 Å². The maximum Gasteiger partial charge on any atom is 0.123 e. The molecule has 3 aromatic rings. The number of aromatic nitrogens is 3. The third-order valence-electron chi connectivity index (χ3n) is 4.78. The molecule has 1 aromatic carbocycles. The Balaban J connectivity index is 0.00000210. The first-order valence-corrected chi connectivity index (χ1v) is 8.88. The van der Waals surface area contributed by atoms with Crippen LogP contribution >= 0.6 is 12.4 Å². The molecule has 5 nitrogen and oxygen atoms in total. The molecule has 0 saturated carbocycles. The summed E-state index contributed by atoms with van der Waals surface area (Å²) < 4.78 is 14.9. The normalized spacial score (nSPS) is 17.4. The molecule has 3 heterocycles. The van der Waals surface area contributed by atoms with Gasteiger partial charge >= 0.3 is 0 Å². The number of piperazine rings is 1. The Morgan fingerprint density at radius 3 is 2.59 bits per heavy atom. The van der Waals surface area contributed by atoms with Gasteiger partial charge in [-0.05, 0) is 35.4 Å². The number of hydrogen-bond acceptors (Lipinski definition) is 4. The Kier molecular flexibility index (Phi) is 6.55. The second-order valence-corrected chi connectivity index (χ2v) is 6.64. The van der Waals surface area contributed by atoms with Crippen molar-refractivity contribution in [3.05, 3.63) is 83.7 Å². The van der Waals surface area contributed by atoms with Gasteiger partial charge in [0.15, 0.2) is 0 Å². The molecule has 0 radical (unpaired) electrons. The summed E-state index contributed by atoms with van der Waals surface area (Å²) in [6.45, 7) is 4.43. The van der Waals surface area contributed by atoms with Crippen LogP contribution in [0.1, 0.15) is 22.7 Å². The summed E-state index contributed by atoms with van der Waals surface area (Å²) in [5, 5.41) is 7.95. The van der Waals surface area contributed by atoms with Crippen molar-refractivity contribution in [3.8, 4) is 0 Å². The summed E-state index contributed by atoms with van der Waals surface area (Å²) in [5.74, 6) is -0.212. The minimum Gasteiger partial charge on any atom is -0.314 e. The zero-order valence-electron chi connectivity index (χ0n) is 15.0. The molecular formula is C20H23ClFN5. The van der Waals surface area contributed by atoms with E-state index in [1.54, 1.807) is 12.1 Å². The first-order chi connectivity index (χ1) is 12.8. The fourth-order valence-corrected chi connectivity index (χ4v) is 3.44. The van der Waals surface area contributed by atoms with E-state index in [2.05, 4.69) is 38.6 Å². The van der Waals surface area contributed by atoms with Crippen LogP contribution < -0.4 is 5.32 Å². The van der Waals surface area contributed by atoms with Crippen molar-refractivity contribution in [1.82, 2.24) is 25.0 Å². The van der Waals surface area contributed by atoms with E-state index in [-0.39, 0.29) is 18.2 Å². The molecule has 1 N–H and O–H groups in total. The van der Waals surface area contributed by atoms with Crippen LogP contribution in [0.2, 0.25) is 0 Å². The molecule has 0 aliphatic carbocycles. The third kappa shape index (κ3) is 4.91. The molecule has 0 amide bonds. The van der Waals surface area contributed by atoms with Gasteiger partial charge in [-0.1, -0.05) is 12.1 Å². The fourth-order valence-electron chi connectivity index (χ4n) is 3.44. The Morgan fingerprint density at radius 1 is 1.04 bits per heavy atom. The summed E-state index contributed by atoms with van der Waals surface area (Å²) in [4.78, 5) is 6.60. The molecule has 1 atom stereocenters. The predicted molar refractivity (Wildman–Crippen MR) is 105 cm³/mol. The van der Waals surface area contributed by atoms with Gasteiger partial charge in [-0.3, -0.25) is 14.6 Å². The molecule has 1 unspecified atom stereocenters. The van der Waals surface area contributed by atoms with Gasteiger partial charge in [0.2, 0.25) is 0 Å². The van der Waals surface area contributed by atoms with Gasteiger partial charge in [0, 0.05) is 56.4 Å². The van der Waals surface area contributed by atoms with Gasteiger partial charge < -0.3 is 5.32 Å².